The fraction of sp³-hybridized carbons (Fsp3) is 0.857. The van der Waals surface area contributed by atoms with Gasteiger partial charge in [-0.1, -0.05) is 0 Å². The molecule has 0 bridgehead atoms. The molecule has 0 radical (unpaired) electrons. The Kier molecular flexibility index (Phi) is 3.46. The Hall–Kier alpha value is -0.650. The lowest BCUT2D eigenvalue weighted by Gasteiger charge is -2.25. The van der Waals surface area contributed by atoms with Crippen molar-refractivity contribution in [3.05, 3.63) is 0 Å². The SMILES string of the molecule is CON(C)C(=O)C1OCCCO1. The second-order valence-corrected chi connectivity index (χ2v) is 2.45. The molecule has 0 N–H and O–H groups in total. The highest BCUT2D eigenvalue weighted by atomic mass is 16.7. The molecule has 0 aromatic heterocycles. The zero-order chi connectivity index (χ0) is 8.97. The Morgan fingerprint density at radius 2 is 2.08 bits per heavy atom. The number of amides is 1. The molecule has 1 amide bonds. The van der Waals surface area contributed by atoms with Gasteiger partial charge in [-0.2, -0.15) is 0 Å². The van der Waals surface area contributed by atoms with Crippen LogP contribution in [0.5, 0.6) is 0 Å². The Labute approximate surface area is 71.1 Å². The monoisotopic (exact) mass is 175 g/mol. The Balaban J connectivity index is 2.39. The van der Waals surface area contributed by atoms with Gasteiger partial charge in [0.25, 0.3) is 0 Å². The number of likely N-dealkylation sites (N-methyl/N-ethyl adjacent to an activating group) is 1. The molecule has 70 valence electrons. The highest BCUT2D eigenvalue weighted by Crippen LogP contribution is 2.07. The average Bonchev–Trinajstić information content (AvgIpc) is 2.17. The molecule has 12 heavy (non-hydrogen) atoms. The van der Waals surface area contributed by atoms with E-state index in [2.05, 4.69) is 4.84 Å². The summed E-state index contributed by atoms with van der Waals surface area (Å²) in [5, 5.41) is 1.09. The summed E-state index contributed by atoms with van der Waals surface area (Å²) in [5.41, 5.74) is 0. The van der Waals surface area contributed by atoms with Crippen LogP contribution in [0.25, 0.3) is 0 Å². The van der Waals surface area contributed by atoms with Crippen molar-refractivity contribution in [3.63, 3.8) is 0 Å². The van der Waals surface area contributed by atoms with E-state index in [-0.39, 0.29) is 5.91 Å². The van der Waals surface area contributed by atoms with Crippen molar-refractivity contribution >= 4 is 5.91 Å². The van der Waals surface area contributed by atoms with E-state index in [1.807, 2.05) is 0 Å². The van der Waals surface area contributed by atoms with Crippen LogP contribution in [-0.4, -0.2) is 44.6 Å². The number of hydroxylamine groups is 2. The molecule has 5 nitrogen and oxygen atoms in total. The van der Waals surface area contributed by atoms with Gasteiger partial charge < -0.3 is 9.47 Å². The molecule has 1 saturated heterocycles. The Bertz CT molecular complexity index is 155. The molecule has 0 aliphatic carbocycles. The van der Waals surface area contributed by atoms with Crippen LogP contribution in [0.1, 0.15) is 6.42 Å². The summed E-state index contributed by atoms with van der Waals surface area (Å²) in [6.45, 7) is 1.13. The molecule has 0 aromatic carbocycles. The summed E-state index contributed by atoms with van der Waals surface area (Å²) < 4.78 is 10.1. The molecule has 0 atom stereocenters. The maximum atomic E-state index is 11.3. The summed E-state index contributed by atoms with van der Waals surface area (Å²) >= 11 is 0. The van der Waals surface area contributed by atoms with Gasteiger partial charge in [0.2, 0.25) is 6.29 Å². The first kappa shape index (κ1) is 9.44. The first-order valence-electron chi connectivity index (χ1n) is 3.80. The van der Waals surface area contributed by atoms with Gasteiger partial charge in [-0.15, -0.1) is 0 Å². The van der Waals surface area contributed by atoms with Crippen LogP contribution in [0.3, 0.4) is 0 Å². The molecule has 1 rings (SSSR count). The van der Waals surface area contributed by atoms with Crippen LogP contribution >= 0.6 is 0 Å². The predicted molar refractivity (Wildman–Crippen MR) is 40.1 cm³/mol. The van der Waals surface area contributed by atoms with Crippen LogP contribution in [-0.2, 0) is 19.1 Å². The normalized spacial score (nSPS) is 19.2. The smallest absolute Gasteiger partial charge is 0.302 e. The quantitative estimate of drug-likeness (QED) is 0.544. The number of carbonyl (C=O) groups is 1. The Morgan fingerprint density at radius 3 is 2.58 bits per heavy atom. The van der Waals surface area contributed by atoms with E-state index in [1.54, 1.807) is 0 Å². The van der Waals surface area contributed by atoms with Gasteiger partial charge in [0.05, 0.1) is 20.3 Å². The molecular weight excluding hydrogens is 162 g/mol. The number of hydrogen-bond donors (Lipinski definition) is 0. The van der Waals surface area contributed by atoms with Crippen molar-refractivity contribution in [1.29, 1.82) is 0 Å². The van der Waals surface area contributed by atoms with Crippen LogP contribution in [0.15, 0.2) is 0 Å². The van der Waals surface area contributed by atoms with E-state index in [0.29, 0.717) is 13.2 Å². The highest BCUT2D eigenvalue weighted by molar-refractivity contribution is 5.78. The third-order valence-electron chi connectivity index (χ3n) is 1.61. The zero-order valence-corrected chi connectivity index (χ0v) is 7.28. The lowest BCUT2D eigenvalue weighted by molar-refractivity contribution is -0.223. The van der Waals surface area contributed by atoms with Crippen molar-refractivity contribution in [2.75, 3.05) is 27.4 Å². The van der Waals surface area contributed by atoms with Gasteiger partial charge in [0, 0.05) is 7.05 Å². The van der Waals surface area contributed by atoms with E-state index in [1.165, 1.54) is 14.2 Å². The van der Waals surface area contributed by atoms with E-state index in [0.717, 1.165) is 11.5 Å². The summed E-state index contributed by atoms with van der Waals surface area (Å²) in [6.07, 6.45) is 0.0456. The molecule has 1 heterocycles. The van der Waals surface area contributed by atoms with Crippen molar-refractivity contribution in [3.8, 4) is 0 Å². The standard InChI is InChI=1S/C7H13NO4/c1-8(10-2)6(9)7-11-4-3-5-12-7/h7H,3-5H2,1-2H3. The van der Waals surface area contributed by atoms with Crippen LogP contribution < -0.4 is 0 Å². The molecule has 0 spiro atoms. The highest BCUT2D eigenvalue weighted by Gasteiger charge is 2.25. The first-order chi connectivity index (χ1) is 5.75. The molecule has 5 heteroatoms. The van der Waals surface area contributed by atoms with Gasteiger partial charge in [0.15, 0.2) is 0 Å². The fourth-order valence-corrected chi connectivity index (χ4v) is 0.869. The van der Waals surface area contributed by atoms with E-state index in [9.17, 15) is 4.79 Å². The number of hydrogen-bond acceptors (Lipinski definition) is 4. The predicted octanol–water partition coefficient (Wildman–Crippen LogP) is -0.231. The third kappa shape index (κ3) is 2.17. The van der Waals surface area contributed by atoms with Crippen LogP contribution in [0.4, 0.5) is 0 Å². The molecule has 0 saturated carbocycles. The zero-order valence-electron chi connectivity index (χ0n) is 7.28. The second-order valence-electron chi connectivity index (χ2n) is 2.45. The van der Waals surface area contributed by atoms with E-state index >= 15 is 0 Å². The minimum absolute atomic E-state index is 0.308. The average molecular weight is 175 g/mol. The second kappa shape index (κ2) is 4.39. The number of ether oxygens (including phenoxy) is 2. The minimum Gasteiger partial charge on any atom is -0.344 e. The van der Waals surface area contributed by atoms with Crippen molar-refractivity contribution in [2.45, 2.75) is 12.7 Å². The third-order valence-corrected chi connectivity index (χ3v) is 1.61. The van der Waals surface area contributed by atoms with Crippen molar-refractivity contribution in [2.24, 2.45) is 0 Å². The molecular formula is C7H13NO4. The first-order valence-corrected chi connectivity index (χ1v) is 3.80. The van der Waals surface area contributed by atoms with Gasteiger partial charge in [0.1, 0.15) is 0 Å². The fourth-order valence-electron chi connectivity index (χ4n) is 0.869. The van der Waals surface area contributed by atoms with Gasteiger partial charge in [-0.25, -0.2) is 5.06 Å². The van der Waals surface area contributed by atoms with Gasteiger partial charge in [-0.05, 0) is 6.42 Å². The van der Waals surface area contributed by atoms with E-state index < -0.39 is 6.29 Å². The van der Waals surface area contributed by atoms with Crippen molar-refractivity contribution in [1.82, 2.24) is 5.06 Å². The Morgan fingerprint density at radius 1 is 1.50 bits per heavy atom. The number of nitrogens with zero attached hydrogens (tertiary/aromatic N) is 1. The van der Waals surface area contributed by atoms with Gasteiger partial charge >= 0.3 is 5.91 Å². The maximum absolute atomic E-state index is 11.3. The summed E-state index contributed by atoms with van der Waals surface area (Å²) in [5.74, 6) is -0.308. The largest absolute Gasteiger partial charge is 0.344 e. The van der Waals surface area contributed by atoms with Crippen LogP contribution in [0, 0.1) is 0 Å². The van der Waals surface area contributed by atoms with Crippen molar-refractivity contribution < 1.29 is 19.1 Å². The van der Waals surface area contributed by atoms with E-state index in [4.69, 9.17) is 9.47 Å². The minimum atomic E-state index is -0.788. The molecule has 1 fully saturated rings. The summed E-state index contributed by atoms with van der Waals surface area (Å²) in [6, 6.07) is 0. The number of rotatable bonds is 2. The molecule has 0 unspecified atom stereocenters. The van der Waals surface area contributed by atoms with Gasteiger partial charge in [-0.3, -0.25) is 9.63 Å². The topological polar surface area (TPSA) is 48.0 Å². The maximum Gasteiger partial charge on any atom is 0.302 e. The molecule has 0 aromatic rings. The number of carbonyl (C=O) groups excluding carboxylic acids is 1. The molecule has 1 aliphatic heterocycles. The summed E-state index contributed by atoms with van der Waals surface area (Å²) in [7, 11) is 2.93. The lowest BCUT2D eigenvalue weighted by Crippen LogP contribution is -2.41. The lowest BCUT2D eigenvalue weighted by atomic mass is 10.4. The molecule has 1 aliphatic rings. The van der Waals surface area contributed by atoms with Crippen LogP contribution in [0.2, 0.25) is 0 Å². The summed E-state index contributed by atoms with van der Waals surface area (Å²) in [4.78, 5) is 16.0.